The Kier molecular flexibility index (Phi) is 3.27. The molecule has 1 heterocycles. The molecule has 2 atom stereocenters. The zero-order valence-electron chi connectivity index (χ0n) is 10.8. The van der Waals surface area contributed by atoms with Crippen LogP contribution in [-0.2, 0) is 10.0 Å². The smallest absolute Gasteiger partial charge is 0.243 e. The van der Waals surface area contributed by atoms with Gasteiger partial charge in [-0.25, -0.2) is 8.42 Å². The van der Waals surface area contributed by atoms with Crippen molar-refractivity contribution in [1.82, 2.24) is 4.31 Å². The van der Waals surface area contributed by atoms with E-state index in [-0.39, 0.29) is 16.7 Å². The Bertz CT molecular complexity index is 570. The van der Waals surface area contributed by atoms with E-state index >= 15 is 0 Å². The molecular formula is C14H19NO3S. The second-order valence-electron chi connectivity index (χ2n) is 5.51. The van der Waals surface area contributed by atoms with Gasteiger partial charge in [0.2, 0.25) is 10.0 Å². The van der Waals surface area contributed by atoms with E-state index in [1.165, 1.54) is 18.6 Å². The van der Waals surface area contributed by atoms with Crippen molar-refractivity contribution >= 4 is 10.0 Å². The zero-order chi connectivity index (χ0) is 13.5. The van der Waals surface area contributed by atoms with Crippen LogP contribution >= 0.6 is 0 Å². The molecule has 0 radical (unpaired) electrons. The monoisotopic (exact) mass is 281 g/mol. The SMILES string of the molecule is O=S(=O)(c1cccc(O)c1)N1CCC2CCCCC21. The van der Waals surface area contributed by atoms with Crippen LogP contribution in [0.3, 0.4) is 0 Å². The summed E-state index contributed by atoms with van der Waals surface area (Å²) in [5.41, 5.74) is 0. The number of phenolic OH excluding ortho intramolecular Hbond substituents is 1. The normalized spacial score (nSPS) is 28.2. The average Bonchev–Trinajstić information content (AvgIpc) is 2.83. The number of aromatic hydroxyl groups is 1. The van der Waals surface area contributed by atoms with Crippen LogP contribution < -0.4 is 0 Å². The molecule has 4 nitrogen and oxygen atoms in total. The molecule has 1 N–H and O–H groups in total. The molecule has 0 bridgehead atoms. The largest absolute Gasteiger partial charge is 0.508 e. The van der Waals surface area contributed by atoms with Gasteiger partial charge in [0.05, 0.1) is 4.90 Å². The molecular weight excluding hydrogens is 262 g/mol. The summed E-state index contributed by atoms with van der Waals surface area (Å²) < 4.78 is 27.0. The lowest BCUT2D eigenvalue weighted by molar-refractivity contribution is 0.260. The summed E-state index contributed by atoms with van der Waals surface area (Å²) in [5.74, 6) is 0.529. The molecule has 5 heteroatoms. The van der Waals surface area contributed by atoms with Crippen molar-refractivity contribution in [2.75, 3.05) is 6.54 Å². The van der Waals surface area contributed by atoms with Gasteiger partial charge in [0.25, 0.3) is 0 Å². The van der Waals surface area contributed by atoms with Gasteiger partial charge >= 0.3 is 0 Å². The van der Waals surface area contributed by atoms with Crippen molar-refractivity contribution < 1.29 is 13.5 Å². The maximum Gasteiger partial charge on any atom is 0.243 e. The number of hydrogen-bond donors (Lipinski definition) is 1. The lowest BCUT2D eigenvalue weighted by Gasteiger charge is -2.31. The van der Waals surface area contributed by atoms with Crippen LogP contribution in [0.1, 0.15) is 32.1 Å². The number of sulfonamides is 1. The van der Waals surface area contributed by atoms with Crippen molar-refractivity contribution in [3.05, 3.63) is 24.3 Å². The lowest BCUT2D eigenvalue weighted by Crippen LogP contribution is -2.39. The molecule has 0 aromatic heterocycles. The van der Waals surface area contributed by atoms with Crippen LogP contribution in [0.4, 0.5) is 0 Å². The third-order valence-electron chi connectivity index (χ3n) is 4.38. The minimum atomic E-state index is -3.46. The van der Waals surface area contributed by atoms with E-state index in [2.05, 4.69) is 0 Å². The fraction of sp³-hybridized carbons (Fsp3) is 0.571. The molecule has 1 aromatic carbocycles. The van der Waals surface area contributed by atoms with Gasteiger partial charge in [-0.3, -0.25) is 0 Å². The summed E-state index contributed by atoms with van der Waals surface area (Å²) in [6.07, 6.45) is 5.44. The molecule has 1 aliphatic heterocycles. The summed E-state index contributed by atoms with van der Waals surface area (Å²) in [4.78, 5) is 0.207. The summed E-state index contributed by atoms with van der Waals surface area (Å²) >= 11 is 0. The minimum absolute atomic E-state index is 0.000432. The second-order valence-corrected chi connectivity index (χ2v) is 7.40. The fourth-order valence-corrected chi connectivity index (χ4v) is 5.21. The number of fused-ring (bicyclic) bond motifs is 1. The highest BCUT2D eigenvalue weighted by atomic mass is 32.2. The van der Waals surface area contributed by atoms with Gasteiger partial charge in [-0.2, -0.15) is 4.31 Å². The Balaban J connectivity index is 1.92. The molecule has 0 spiro atoms. The number of phenols is 1. The van der Waals surface area contributed by atoms with Gasteiger partial charge in [0.15, 0.2) is 0 Å². The van der Waals surface area contributed by atoms with Crippen molar-refractivity contribution in [2.45, 2.75) is 43.0 Å². The Morgan fingerprint density at radius 3 is 2.74 bits per heavy atom. The van der Waals surface area contributed by atoms with Gasteiger partial charge < -0.3 is 5.11 Å². The van der Waals surface area contributed by atoms with E-state index in [1.54, 1.807) is 16.4 Å². The van der Waals surface area contributed by atoms with E-state index in [0.717, 1.165) is 25.7 Å². The molecule has 104 valence electrons. The number of nitrogens with zero attached hydrogens (tertiary/aromatic N) is 1. The highest BCUT2D eigenvalue weighted by Crippen LogP contribution is 2.39. The van der Waals surface area contributed by atoms with Gasteiger partial charge in [-0.15, -0.1) is 0 Å². The first kappa shape index (κ1) is 12.9. The van der Waals surface area contributed by atoms with Crippen LogP contribution in [0.25, 0.3) is 0 Å². The topological polar surface area (TPSA) is 57.6 Å². The highest BCUT2D eigenvalue weighted by Gasteiger charge is 2.42. The highest BCUT2D eigenvalue weighted by molar-refractivity contribution is 7.89. The third-order valence-corrected chi connectivity index (χ3v) is 6.30. The summed E-state index contributed by atoms with van der Waals surface area (Å²) in [5, 5.41) is 9.47. The molecule has 0 amide bonds. The van der Waals surface area contributed by atoms with Gasteiger partial charge in [-0.05, 0) is 43.4 Å². The predicted molar refractivity (Wildman–Crippen MR) is 72.4 cm³/mol. The van der Waals surface area contributed by atoms with Crippen molar-refractivity contribution in [2.24, 2.45) is 5.92 Å². The molecule has 3 rings (SSSR count). The van der Waals surface area contributed by atoms with Crippen LogP contribution in [0.5, 0.6) is 5.75 Å². The molecule has 19 heavy (non-hydrogen) atoms. The quantitative estimate of drug-likeness (QED) is 0.905. The van der Waals surface area contributed by atoms with Crippen LogP contribution in [0.15, 0.2) is 29.2 Å². The predicted octanol–water partition coefficient (Wildman–Crippen LogP) is 2.35. The van der Waals surface area contributed by atoms with Crippen LogP contribution in [-0.4, -0.2) is 30.4 Å². The number of hydrogen-bond acceptors (Lipinski definition) is 3. The second kappa shape index (κ2) is 4.80. The maximum atomic E-state index is 12.7. The van der Waals surface area contributed by atoms with Crippen molar-refractivity contribution in [3.8, 4) is 5.75 Å². The van der Waals surface area contributed by atoms with E-state index in [0.29, 0.717) is 12.5 Å². The maximum absolute atomic E-state index is 12.7. The van der Waals surface area contributed by atoms with Crippen molar-refractivity contribution in [3.63, 3.8) is 0 Å². The van der Waals surface area contributed by atoms with Crippen LogP contribution in [0.2, 0.25) is 0 Å². The minimum Gasteiger partial charge on any atom is -0.508 e. The zero-order valence-corrected chi connectivity index (χ0v) is 11.6. The summed E-state index contributed by atoms with van der Waals surface area (Å²) in [6, 6.07) is 6.14. The number of rotatable bonds is 2. The Morgan fingerprint density at radius 2 is 1.95 bits per heavy atom. The van der Waals surface area contributed by atoms with Gasteiger partial charge in [0, 0.05) is 12.6 Å². The van der Waals surface area contributed by atoms with Gasteiger partial charge in [0.1, 0.15) is 5.75 Å². The fourth-order valence-electron chi connectivity index (χ4n) is 3.44. The molecule has 1 aromatic rings. The Labute approximate surface area is 114 Å². The van der Waals surface area contributed by atoms with E-state index in [9.17, 15) is 13.5 Å². The third kappa shape index (κ3) is 2.25. The first-order valence-corrected chi connectivity index (χ1v) is 8.34. The molecule has 1 aliphatic carbocycles. The Morgan fingerprint density at radius 1 is 1.16 bits per heavy atom. The molecule has 2 fully saturated rings. The molecule has 2 aliphatic rings. The first-order valence-electron chi connectivity index (χ1n) is 6.90. The summed E-state index contributed by atoms with van der Waals surface area (Å²) in [6.45, 7) is 0.618. The van der Waals surface area contributed by atoms with E-state index in [1.807, 2.05) is 0 Å². The number of benzene rings is 1. The lowest BCUT2D eigenvalue weighted by atomic mass is 9.86. The molecule has 2 unspecified atom stereocenters. The first-order chi connectivity index (χ1) is 9.09. The average molecular weight is 281 g/mol. The van der Waals surface area contributed by atoms with Gasteiger partial charge in [-0.1, -0.05) is 18.9 Å². The van der Waals surface area contributed by atoms with Crippen LogP contribution in [0, 0.1) is 5.92 Å². The summed E-state index contributed by atoms with van der Waals surface area (Å²) in [7, 11) is -3.46. The Hall–Kier alpha value is -1.07. The van der Waals surface area contributed by atoms with Crippen molar-refractivity contribution in [1.29, 1.82) is 0 Å². The van der Waals surface area contributed by atoms with E-state index < -0.39 is 10.0 Å². The molecule has 1 saturated carbocycles. The van der Waals surface area contributed by atoms with E-state index in [4.69, 9.17) is 0 Å². The standard InChI is InChI=1S/C14H19NO3S/c16-12-5-3-6-13(10-12)19(17,18)15-9-8-11-4-1-2-7-14(11)15/h3,5-6,10-11,14,16H,1-2,4,7-9H2. The molecule has 1 saturated heterocycles.